The van der Waals surface area contributed by atoms with Crippen molar-refractivity contribution in [3.05, 3.63) is 101 Å². The summed E-state index contributed by atoms with van der Waals surface area (Å²) in [5, 5.41) is 12.5. The first-order valence-corrected chi connectivity index (χ1v) is 12.2. The maximum Gasteiger partial charge on any atom is 0.407 e. The highest BCUT2D eigenvalue weighted by Crippen LogP contribution is 2.44. The second-order valence-corrected chi connectivity index (χ2v) is 9.69. The van der Waals surface area contributed by atoms with Gasteiger partial charge < -0.3 is 15.2 Å². The molecule has 0 unspecified atom stereocenters. The molecule has 1 atom stereocenters. The summed E-state index contributed by atoms with van der Waals surface area (Å²) in [4.78, 5) is 23.8. The van der Waals surface area contributed by atoms with Crippen LogP contribution in [0.1, 0.15) is 23.5 Å². The zero-order chi connectivity index (χ0) is 24.1. The van der Waals surface area contributed by atoms with E-state index in [1.54, 1.807) is 18.2 Å². The maximum atomic E-state index is 12.5. The summed E-state index contributed by atoms with van der Waals surface area (Å²) in [6.07, 6.45) is -0.169. The lowest BCUT2D eigenvalue weighted by Gasteiger charge is -2.17. The van der Waals surface area contributed by atoms with Crippen molar-refractivity contribution in [2.75, 3.05) is 6.61 Å². The number of nitrogens with one attached hydrogen (secondary N) is 1. The Bertz CT molecular complexity index is 1290. The zero-order valence-electron chi connectivity index (χ0n) is 18.1. The molecule has 0 aromatic heterocycles. The summed E-state index contributed by atoms with van der Waals surface area (Å²) in [6, 6.07) is 22.5. The largest absolute Gasteiger partial charge is 0.481 e. The molecule has 0 heterocycles. The Labute approximate surface area is 197 Å². The van der Waals surface area contributed by atoms with Gasteiger partial charge in [-0.3, -0.25) is 4.79 Å². The molecule has 2 N–H and O–H groups in total. The van der Waals surface area contributed by atoms with E-state index in [0.717, 1.165) is 33.7 Å². The van der Waals surface area contributed by atoms with E-state index in [-0.39, 0.29) is 17.4 Å². The van der Waals surface area contributed by atoms with Crippen molar-refractivity contribution < 1.29 is 27.9 Å². The molecule has 0 saturated heterocycles. The van der Waals surface area contributed by atoms with E-state index in [2.05, 4.69) is 5.32 Å². The number of amides is 1. The molecule has 7 nitrogen and oxygen atoms in total. The average Bonchev–Trinajstić information content (AvgIpc) is 3.15. The van der Waals surface area contributed by atoms with Crippen LogP contribution in [-0.4, -0.2) is 38.2 Å². The van der Waals surface area contributed by atoms with Crippen molar-refractivity contribution in [2.24, 2.45) is 0 Å². The maximum absolute atomic E-state index is 12.5. The molecule has 1 aliphatic rings. The summed E-state index contributed by atoms with van der Waals surface area (Å²) < 4.78 is 30.4. The van der Waals surface area contributed by atoms with Crippen LogP contribution >= 0.6 is 0 Å². The van der Waals surface area contributed by atoms with Crippen LogP contribution in [0.5, 0.6) is 0 Å². The van der Waals surface area contributed by atoms with Gasteiger partial charge in [0.2, 0.25) is 0 Å². The van der Waals surface area contributed by atoms with E-state index in [1.165, 1.54) is 12.1 Å². The number of sulfone groups is 1. The summed E-state index contributed by atoms with van der Waals surface area (Å²) in [7, 11) is -3.78. The molecule has 174 valence electrons. The van der Waals surface area contributed by atoms with Crippen molar-refractivity contribution in [1.82, 2.24) is 5.32 Å². The predicted octanol–water partition coefficient (Wildman–Crippen LogP) is 4.36. The topological polar surface area (TPSA) is 110 Å². The van der Waals surface area contributed by atoms with Crippen LogP contribution in [0.2, 0.25) is 0 Å². The van der Waals surface area contributed by atoms with Gasteiger partial charge in [0.25, 0.3) is 0 Å². The SMILES string of the molecule is O=C(O)C[C@@H](/C=C/S(=O)(=O)c1ccccc1)NC(=O)OCC1c2ccccc2-c2ccccc21. The number of rotatable bonds is 8. The van der Waals surface area contributed by atoms with Gasteiger partial charge in [-0.15, -0.1) is 0 Å². The van der Waals surface area contributed by atoms with Crippen molar-refractivity contribution in [2.45, 2.75) is 23.3 Å². The number of alkyl carbamates (subject to hydrolysis) is 1. The molecule has 8 heteroatoms. The van der Waals surface area contributed by atoms with E-state index in [4.69, 9.17) is 4.74 Å². The highest BCUT2D eigenvalue weighted by atomic mass is 32.2. The molecule has 0 spiro atoms. The number of carboxylic acids is 1. The third-order valence-electron chi connectivity index (χ3n) is 5.60. The fraction of sp³-hybridized carbons (Fsp3) is 0.154. The van der Waals surface area contributed by atoms with Gasteiger partial charge >= 0.3 is 12.1 Å². The summed E-state index contributed by atoms with van der Waals surface area (Å²) in [6.45, 7) is 0.0612. The monoisotopic (exact) mass is 477 g/mol. The Kier molecular flexibility index (Phi) is 6.79. The third-order valence-corrected chi connectivity index (χ3v) is 7.05. The van der Waals surface area contributed by atoms with Gasteiger partial charge in [-0.25, -0.2) is 13.2 Å². The number of carboxylic acid groups (broad SMARTS) is 1. The summed E-state index contributed by atoms with van der Waals surface area (Å²) >= 11 is 0. The minimum absolute atomic E-state index is 0.0612. The van der Waals surface area contributed by atoms with E-state index in [0.29, 0.717) is 0 Å². The highest BCUT2D eigenvalue weighted by molar-refractivity contribution is 7.94. The van der Waals surface area contributed by atoms with Gasteiger partial charge in [-0.05, 0) is 40.5 Å². The van der Waals surface area contributed by atoms with Gasteiger partial charge in [0, 0.05) is 11.3 Å². The van der Waals surface area contributed by atoms with E-state index in [1.807, 2.05) is 48.5 Å². The summed E-state index contributed by atoms with van der Waals surface area (Å²) in [5.74, 6) is -1.34. The minimum Gasteiger partial charge on any atom is -0.481 e. The van der Waals surface area contributed by atoms with Crippen LogP contribution in [0.3, 0.4) is 0 Å². The second-order valence-electron chi connectivity index (χ2n) is 7.86. The quantitative estimate of drug-likeness (QED) is 0.499. The molecule has 0 fully saturated rings. The van der Waals surface area contributed by atoms with Gasteiger partial charge in [0.15, 0.2) is 9.84 Å². The molecule has 4 rings (SSSR count). The first-order chi connectivity index (χ1) is 16.3. The molecule has 3 aromatic carbocycles. The number of carbonyl (C=O) groups is 2. The van der Waals surface area contributed by atoms with E-state index >= 15 is 0 Å². The standard InChI is InChI=1S/C26H23NO6S/c28-25(29)16-18(14-15-34(31,32)19-8-2-1-3-9-19)27-26(30)33-17-24-22-12-6-4-10-20(22)21-11-5-7-13-23(21)24/h1-15,18,24H,16-17H2,(H,27,30)(H,28,29)/b15-14+/t18-/m1/s1. The lowest BCUT2D eigenvalue weighted by molar-refractivity contribution is -0.137. The Hall–Kier alpha value is -3.91. The molecular formula is C26H23NO6S. The molecule has 0 radical (unpaired) electrons. The van der Waals surface area contributed by atoms with Crippen molar-refractivity contribution in [3.8, 4) is 11.1 Å². The van der Waals surface area contributed by atoms with Gasteiger partial charge in [0.1, 0.15) is 6.61 Å². The lowest BCUT2D eigenvalue weighted by atomic mass is 9.98. The summed E-state index contributed by atoms with van der Waals surface area (Å²) in [5.41, 5.74) is 4.27. The van der Waals surface area contributed by atoms with Crippen LogP contribution < -0.4 is 5.32 Å². The fourth-order valence-electron chi connectivity index (χ4n) is 4.03. The van der Waals surface area contributed by atoms with Crippen LogP contribution in [0.25, 0.3) is 11.1 Å². The van der Waals surface area contributed by atoms with Crippen LogP contribution in [0.15, 0.2) is 95.2 Å². The number of fused-ring (bicyclic) bond motifs is 3. The molecule has 34 heavy (non-hydrogen) atoms. The Balaban J connectivity index is 1.45. The lowest BCUT2D eigenvalue weighted by Crippen LogP contribution is -2.36. The number of carbonyl (C=O) groups excluding carboxylic acids is 1. The molecule has 0 saturated carbocycles. The normalized spacial score (nSPS) is 13.8. The number of aliphatic carboxylic acids is 1. The van der Waals surface area contributed by atoms with Crippen molar-refractivity contribution in [3.63, 3.8) is 0 Å². The zero-order valence-corrected chi connectivity index (χ0v) is 18.9. The van der Waals surface area contributed by atoms with Crippen LogP contribution in [-0.2, 0) is 19.4 Å². The van der Waals surface area contributed by atoms with Gasteiger partial charge in [0.05, 0.1) is 17.4 Å². The fourth-order valence-corrected chi connectivity index (χ4v) is 5.12. The Morgan fingerprint density at radius 2 is 1.47 bits per heavy atom. The number of benzene rings is 3. The van der Waals surface area contributed by atoms with E-state index in [9.17, 15) is 23.1 Å². The van der Waals surface area contributed by atoms with Crippen molar-refractivity contribution >= 4 is 21.9 Å². The van der Waals surface area contributed by atoms with Crippen LogP contribution in [0.4, 0.5) is 4.79 Å². The molecular weight excluding hydrogens is 454 g/mol. The Morgan fingerprint density at radius 3 is 2.06 bits per heavy atom. The first kappa shape index (κ1) is 23.3. The molecule has 1 amide bonds. The minimum atomic E-state index is -3.78. The predicted molar refractivity (Wildman–Crippen MR) is 127 cm³/mol. The Morgan fingerprint density at radius 1 is 0.912 bits per heavy atom. The molecule has 1 aliphatic carbocycles. The van der Waals surface area contributed by atoms with E-state index < -0.39 is 34.4 Å². The number of ether oxygens (including phenoxy) is 1. The van der Waals surface area contributed by atoms with Crippen molar-refractivity contribution in [1.29, 1.82) is 0 Å². The molecule has 0 aliphatic heterocycles. The first-order valence-electron chi connectivity index (χ1n) is 10.7. The molecule has 3 aromatic rings. The second kappa shape index (κ2) is 9.93. The highest BCUT2D eigenvalue weighted by Gasteiger charge is 2.29. The van der Waals surface area contributed by atoms with Gasteiger partial charge in [-0.2, -0.15) is 0 Å². The number of hydrogen-bond acceptors (Lipinski definition) is 5. The van der Waals surface area contributed by atoms with Gasteiger partial charge in [-0.1, -0.05) is 66.7 Å². The van der Waals surface area contributed by atoms with Crippen LogP contribution in [0, 0.1) is 0 Å². The average molecular weight is 478 g/mol. The number of hydrogen-bond donors (Lipinski definition) is 2. The third kappa shape index (κ3) is 5.18. The molecule has 0 bridgehead atoms. The smallest absolute Gasteiger partial charge is 0.407 e.